The van der Waals surface area contributed by atoms with Crippen LogP contribution in [0.25, 0.3) is 0 Å². The maximum Gasteiger partial charge on any atom is 0.175 e. The molecule has 0 heterocycles. The fourth-order valence-electron chi connectivity index (χ4n) is 1.89. The Morgan fingerprint density at radius 2 is 2.05 bits per heavy atom. The maximum absolute atomic E-state index is 5.85. The minimum absolute atomic E-state index is 0.715. The van der Waals surface area contributed by atoms with Crippen LogP contribution in [0.2, 0.25) is 0 Å². The van der Waals surface area contributed by atoms with Gasteiger partial charge in [-0.15, -0.1) is 0 Å². The van der Waals surface area contributed by atoms with Crippen molar-refractivity contribution in [1.29, 1.82) is 0 Å². The van der Waals surface area contributed by atoms with Crippen molar-refractivity contribution in [3.63, 3.8) is 0 Å². The average Bonchev–Trinajstić information content (AvgIpc) is 2.36. The Morgan fingerprint density at radius 3 is 2.63 bits per heavy atom. The smallest absolute Gasteiger partial charge is 0.175 e. The van der Waals surface area contributed by atoms with Crippen LogP contribution in [0, 0.1) is 5.92 Å². The van der Waals surface area contributed by atoms with Crippen LogP contribution in [0.5, 0.6) is 11.5 Å². The molecule has 1 rings (SSSR count). The molecule has 0 saturated carbocycles. The molecule has 0 aromatic heterocycles. The molecule has 0 fully saturated rings. The molecule has 0 amide bonds. The van der Waals surface area contributed by atoms with Gasteiger partial charge in [0.25, 0.3) is 0 Å². The van der Waals surface area contributed by atoms with E-state index in [1.807, 2.05) is 13.1 Å². The van der Waals surface area contributed by atoms with Gasteiger partial charge in [-0.3, -0.25) is 0 Å². The lowest BCUT2D eigenvalue weighted by Crippen LogP contribution is -2.06. The zero-order valence-corrected chi connectivity index (χ0v) is 13.8. The molecule has 108 valence electrons. The molecule has 0 aliphatic carbocycles. The molecule has 0 atom stereocenters. The minimum Gasteiger partial charge on any atom is -0.493 e. The Balaban J connectivity index is 2.70. The number of hydrogen-bond acceptors (Lipinski definition) is 3. The van der Waals surface area contributed by atoms with E-state index in [-0.39, 0.29) is 0 Å². The molecule has 1 aromatic carbocycles. The molecule has 0 spiro atoms. The summed E-state index contributed by atoms with van der Waals surface area (Å²) >= 11 is 3.56. The van der Waals surface area contributed by atoms with Gasteiger partial charge in [0.05, 0.1) is 18.2 Å². The van der Waals surface area contributed by atoms with Crippen LogP contribution in [0.1, 0.15) is 32.3 Å². The highest BCUT2D eigenvalue weighted by Gasteiger charge is 2.11. The zero-order chi connectivity index (χ0) is 14.3. The van der Waals surface area contributed by atoms with Gasteiger partial charge in [0, 0.05) is 6.54 Å². The monoisotopic (exact) mass is 329 g/mol. The predicted octanol–water partition coefficient (Wildman–Crippen LogP) is 3.99. The van der Waals surface area contributed by atoms with Gasteiger partial charge in [0.2, 0.25) is 0 Å². The van der Waals surface area contributed by atoms with Crippen LogP contribution in [0.3, 0.4) is 0 Å². The average molecular weight is 330 g/mol. The van der Waals surface area contributed by atoms with Crippen molar-refractivity contribution in [3.05, 3.63) is 22.2 Å². The van der Waals surface area contributed by atoms with Crippen LogP contribution in [0.4, 0.5) is 0 Å². The summed E-state index contributed by atoms with van der Waals surface area (Å²) in [4.78, 5) is 0. The molecule has 0 radical (unpaired) electrons. The number of rotatable bonds is 8. The summed E-state index contributed by atoms with van der Waals surface area (Å²) in [6.45, 7) is 5.98. The summed E-state index contributed by atoms with van der Waals surface area (Å²) in [5.41, 5.74) is 1.17. The van der Waals surface area contributed by atoms with Crippen LogP contribution in [-0.2, 0) is 6.54 Å². The summed E-state index contributed by atoms with van der Waals surface area (Å²) in [5, 5.41) is 3.13. The Morgan fingerprint density at radius 1 is 1.32 bits per heavy atom. The van der Waals surface area contributed by atoms with E-state index in [1.54, 1.807) is 7.11 Å². The first-order chi connectivity index (χ1) is 9.08. The lowest BCUT2D eigenvalue weighted by molar-refractivity contribution is 0.278. The maximum atomic E-state index is 5.85. The zero-order valence-electron chi connectivity index (χ0n) is 12.3. The predicted molar refractivity (Wildman–Crippen MR) is 83.0 cm³/mol. The Kier molecular flexibility index (Phi) is 7.24. The van der Waals surface area contributed by atoms with Gasteiger partial charge >= 0.3 is 0 Å². The third-order valence-electron chi connectivity index (χ3n) is 2.84. The summed E-state index contributed by atoms with van der Waals surface area (Å²) in [7, 11) is 3.60. The Labute approximate surface area is 124 Å². The van der Waals surface area contributed by atoms with Crippen molar-refractivity contribution in [2.45, 2.75) is 33.2 Å². The molecule has 0 aliphatic heterocycles. The number of ether oxygens (including phenoxy) is 2. The molecule has 0 unspecified atom stereocenters. The first-order valence-electron chi connectivity index (χ1n) is 6.72. The summed E-state index contributed by atoms with van der Waals surface area (Å²) in [5.74, 6) is 2.29. The molecular weight excluding hydrogens is 306 g/mol. The normalized spacial score (nSPS) is 10.8. The standard InChI is InChI=1S/C15H24BrNO2/c1-11(2)6-5-7-19-15-13(16)8-12(10-17-3)9-14(15)18-4/h8-9,11,17H,5-7,10H2,1-4H3. The van der Waals surface area contributed by atoms with Gasteiger partial charge in [0.1, 0.15) is 0 Å². The van der Waals surface area contributed by atoms with Gasteiger partial charge in [-0.1, -0.05) is 13.8 Å². The quantitative estimate of drug-likeness (QED) is 0.731. The van der Waals surface area contributed by atoms with E-state index in [0.717, 1.165) is 35.5 Å². The third-order valence-corrected chi connectivity index (χ3v) is 3.43. The minimum atomic E-state index is 0.715. The van der Waals surface area contributed by atoms with Gasteiger partial charge in [0.15, 0.2) is 11.5 Å². The number of halogens is 1. The SMILES string of the molecule is CNCc1cc(Br)c(OCCCC(C)C)c(OC)c1. The van der Waals surface area contributed by atoms with Gasteiger partial charge in [-0.25, -0.2) is 0 Å². The largest absolute Gasteiger partial charge is 0.493 e. The lowest BCUT2D eigenvalue weighted by atomic mass is 10.1. The molecule has 1 N–H and O–H groups in total. The Bertz CT molecular complexity index is 394. The van der Waals surface area contributed by atoms with Crippen molar-refractivity contribution in [2.75, 3.05) is 20.8 Å². The van der Waals surface area contributed by atoms with E-state index in [0.29, 0.717) is 5.92 Å². The highest BCUT2D eigenvalue weighted by Crippen LogP contribution is 2.36. The molecule has 0 aliphatic rings. The second-order valence-corrected chi connectivity index (χ2v) is 5.88. The second-order valence-electron chi connectivity index (χ2n) is 5.02. The molecular formula is C15H24BrNO2. The summed E-state index contributed by atoms with van der Waals surface area (Å²) < 4.78 is 12.2. The van der Waals surface area contributed by atoms with E-state index in [4.69, 9.17) is 9.47 Å². The number of nitrogens with one attached hydrogen (secondary N) is 1. The molecule has 0 bridgehead atoms. The van der Waals surface area contributed by atoms with Crippen molar-refractivity contribution in [2.24, 2.45) is 5.92 Å². The van der Waals surface area contributed by atoms with Crippen LogP contribution >= 0.6 is 15.9 Å². The third kappa shape index (κ3) is 5.41. The van der Waals surface area contributed by atoms with Gasteiger partial charge in [-0.05, 0) is 59.4 Å². The summed E-state index contributed by atoms with van der Waals surface area (Å²) in [6.07, 6.45) is 2.24. The second kappa shape index (κ2) is 8.43. The topological polar surface area (TPSA) is 30.5 Å². The van der Waals surface area contributed by atoms with E-state index in [9.17, 15) is 0 Å². The van der Waals surface area contributed by atoms with Crippen molar-refractivity contribution in [1.82, 2.24) is 5.32 Å². The fraction of sp³-hybridized carbons (Fsp3) is 0.600. The van der Waals surface area contributed by atoms with Crippen molar-refractivity contribution in [3.8, 4) is 11.5 Å². The van der Waals surface area contributed by atoms with Crippen LogP contribution in [-0.4, -0.2) is 20.8 Å². The first-order valence-corrected chi connectivity index (χ1v) is 7.51. The summed E-state index contributed by atoms with van der Waals surface area (Å²) in [6, 6.07) is 4.08. The highest BCUT2D eigenvalue weighted by molar-refractivity contribution is 9.10. The highest BCUT2D eigenvalue weighted by atomic mass is 79.9. The Hall–Kier alpha value is -0.740. The van der Waals surface area contributed by atoms with Gasteiger partial charge < -0.3 is 14.8 Å². The van der Waals surface area contributed by atoms with Crippen LogP contribution < -0.4 is 14.8 Å². The van der Waals surface area contributed by atoms with E-state index < -0.39 is 0 Å². The van der Waals surface area contributed by atoms with E-state index >= 15 is 0 Å². The van der Waals surface area contributed by atoms with Crippen molar-refractivity contribution >= 4 is 15.9 Å². The molecule has 1 aromatic rings. The molecule has 0 saturated heterocycles. The lowest BCUT2D eigenvalue weighted by Gasteiger charge is -2.14. The molecule has 4 heteroatoms. The van der Waals surface area contributed by atoms with Gasteiger partial charge in [-0.2, -0.15) is 0 Å². The van der Waals surface area contributed by atoms with Crippen LogP contribution in [0.15, 0.2) is 16.6 Å². The molecule has 3 nitrogen and oxygen atoms in total. The van der Waals surface area contributed by atoms with Crippen molar-refractivity contribution < 1.29 is 9.47 Å². The number of benzene rings is 1. The van der Waals surface area contributed by atoms with E-state index in [1.165, 1.54) is 12.0 Å². The van der Waals surface area contributed by atoms with E-state index in [2.05, 4.69) is 41.2 Å². The number of hydrogen-bond donors (Lipinski definition) is 1. The number of methoxy groups -OCH3 is 1. The first kappa shape index (κ1) is 16.3. The molecule has 19 heavy (non-hydrogen) atoms. The fourth-order valence-corrected chi connectivity index (χ4v) is 2.49.